The maximum atomic E-state index is 11.7. The Morgan fingerprint density at radius 3 is 2.71 bits per heavy atom. The second-order valence-electron chi connectivity index (χ2n) is 4.57. The van der Waals surface area contributed by atoms with Crippen molar-refractivity contribution in [3.63, 3.8) is 0 Å². The first-order valence-corrected chi connectivity index (χ1v) is 4.98. The molecule has 82 valence electrons. The van der Waals surface area contributed by atoms with E-state index in [4.69, 9.17) is 15.2 Å². The second-order valence-corrected chi connectivity index (χ2v) is 4.57. The number of nitrogens with two attached hydrogens (primary N) is 1. The van der Waals surface area contributed by atoms with Gasteiger partial charge in [0.2, 0.25) is 0 Å². The van der Waals surface area contributed by atoms with Gasteiger partial charge in [0.15, 0.2) is 0 Å². The van der Waals surface area contributed by atoms with Crippen LogP contribution in [0.4, 0.5) is 0 Å². The van der Waals surface area contributed by atoms with E-state index in [9.17, 15) is 4.79 Å². The van der Waals surface area contributed by atoms with Crippen LogP contribution in [0.1, 0.15) is 27.2 Å². The van der Waals surface area contributed by atoms with Crippen molar-refractivity contribution in [2.24, 2.45) is 11.7 Å². The zero-order valence-electron chi connectivity index (χ0n) is 9.08. The summed E-state index contributed by atoms with van der Waals surface area (Å²) in [5, 5.41) is 0. The molecule has 0 aromatic rings. The Bertz CT molecular complexity index is 210. The first kappa shape index (κ1) is 11.5. The van der Waals surface area contributed by atoms with Crippen LogP contribution in [0, 0.1) is 5.92 Å². The fourth-order valence-corrected chi connectivity index (χ4v) is 1.53. The monoisotopic (exact) mass is 201 g/mol. The molecule has 1 saturated heterocycles. The molecule has 2 unspecified atom stereocenters. The van der Waals surface area contributed by atoms with Gasteiger partial charge in [-0.05, 0) is 27.2 Å². The van der Waals surface area contributed by atoms with Gasteiger partial charge in [0.1, 0.15) is 5.60 Å². The predicted octanol–water partition coefficient (Wildman–Crippen LogP) is 0.692. The fourth-order valence-electron chi connectivity index (χ4n) is 1.53. The number of carbonyl (C=O) groups excluding carboxylic acids is 1. The number of carbonyl (C=O) groups is 1. The van der Waals surface area contributed by atoms with Crippen molar-refractivity contribution < 1.29 is 14.3 Å². The van der Waals surface area contributed by atoms with Gasteiger partial charge in [-0.2, -0.15) is 0 Å². The summed E-state index contributed by atoms with van der Waals surface area (Å²) in [7, 11) is 0. The molecular formula is C10H19NO3. The van der Waals surface area contributed by atoms with Gasteiger partial charge in [0, 0.05) is 13.2 Å². The Labute approximate surface area is 84.7 Å². The molecule has 1 fully saturated rings. The van der Waals surface area contributed by atoms with E-state index in [0.29, 0.717) is 13.2 Å². The van der Waals surface area contributed by atoms with Crippen LogP contribution < -0.4 is 5.73 Å². The summed E-state index contributed by atoms with van der Waals surface area (Å²) in [5.74, 6) is -0.371. The van der Waals surface area contributed by atoms with Gasteiger partial charge in [-0.15, -0.1) is 0 Å². The Hall–Kier alpha value is -0.610. The van der Waals surface area contributed by atoms with Crippen LogP contribution >= 0.6 is 0 Å². The van der Waals surface area contributed by atoms with E-state index in [1.807, 2.05) is 20.8 Å². The Morgan fingerprint density at radius 1 is 1.57 bits per heavy atom. The summed E-state index contributed by atoms with van der Waals surface area (Å²) in [6, 6.07) is 0. The summed E-state index contributed by atoms with van der Waals surface area (Å²) in [6.07, 6.45) is 0.557. The van der Waals surface area contributed by atoms with E-state index in [2.05, 4.69) is 0 Å². The first-order chi connectivity index (χ1) is 6.44. The highest BCUT2D eigenvalue weighted by Crippen LogP contribution is 2.23. The average molecular weight is 201 g/mol. The Balaban J connectivity index is 2.52. The molecule has 0 aliphatic carbocycles. The summed E-state index contributed by atoms with van der Waals surface area (Å²) >= 11 is 0. The minimum atomic E-state index is -0.432. The lowest BCUT2D eigenvalue weighted by Crippen LogP contribution is -2.36. The van der Waals surface area contributed by atoms with Crippen molar-refractivity contribution in [2.75, 3.05) is 13.2 Å². The number of hydrogen-bond acceptors (Lipinski definition) is 4. The number of hydrogen-bond donors (Lipinski definition) is 1. The summed E-state index contributed by atoms with van der Waals surface area (Å²) < 4.78 is 10.6. The minimum absolute atomic E-state index is 0.162. The number of ether oxygens (including phenoxy) is 2. The molecule has 0 saturated carbocycles. The Morgan fingerprint density at radius 2 is 2.21 bits per heavy atom. The third kappa shape index (κ3) is 2.96. The van der Waals surface area contributed by atoms with Crippen molar-refractivity contribution in [2.45, 2.75) is 38.9 Å². The molecule has 1 rings (SSSR count). The molecule has 1 aliphatic rings. The van der Waals surface area contributed by atoms with Crippen molar-refractivity contribution >= 4 is 5.97 Å². The van der Waals surface area contributed by atoms with Crippen molar-refractivity contribution in [1.29, 1.82) is 0 Å². The molecule has 0 radical (unpaired) electrons. The van der Waals surface area contributed by atoms with E-state index >= 15 is 0 Å². The number of esters is 1. The lowest BCUT2D eigenvalue weighted by atomic mass is 10.0. The summed E-state index contributed by atoms with van der Waals surface area (Å²) in [4.78, 5) is 11.7. The van der Waals surface area contributed by atoms with Crippen LogP contribution in [0.5, 0.6) is 0 Å². The van der Waals surface area contributed by atoms with Crippen LogP contribution in [0.2, 0.25) is 0 Å². The lowest BCUT2D eigenvalue weighted by Gasteiger charge is -2.23. The topological polar surface area (TPSA) is 61.5 Å². The normalized spacial score (nSPS) is 27.7. The van der Waals surface area contributed by atoms with E-state index in [1.54, 1.807) is 0 Å². The van der Waals surface area contributed by atoms with Crippen molar-refractivity contribution in [1.82, 2.24) is 0 Å². The van der Waals surface area contributed by atoms with Crippen molar-refractivity contribution in [3.05, 3.63) is 0 Å². The third-order valence-corrected chi connectivity index (χ3v) is 2.15. The molecule has 0 aromatic carbocycles. The molecule has 0 aromatic heterocycles. The zero-order valence-corrected chi connectivity index (χ0v) is 9.08. The van der Waals surface area contributed by atoms with Gasteiger partial charge in [-0.3, -0.25) is 4.79 Å². The molecule has 1 heterocycles. The fraction of sp³-hybridized carbons (Fsp3) is 0.900. The molecule has 2 N–H and O–H groups in total. The second kappa shape index (κ2) is 4.28. The van der Waals surface area contributed by atoms with E-state index in [0.717, 1.165) is 6.42 Å². The summed E-state index contributed by atoms with van der Waals surface area (Å²) in [6.45, 7) is 6.56. The average Bonchev–Trinajstić information content (AvgIpc) is 2.47. The lowest BCUT2D eigenvalue weighted by molar-refractivity contribution is -0.161. The van der Waals surface area contributed by atoms with Gasteiger partial charge in [0.05, 0.1) is 12.0 Å². The van der Waals surface area contributed by atoms with Crippen LogP contribution in [0.3, 0.4) is 0 Å². The maximum Gasteiger partial charge on any atom is 0.312 e. The van der Waals surface area contributed by atoms with Crippen LogP contribution in [0.25, 0.3) is 0 Å². The van der Waals surface area contributed by atoms with E-state index in [-0.39, 0.29) is 18.0 Å². The molecule has 0 spiro atoms. The first-order valence-electron chi connectivity index (χ1n) is 4.98. The molecule has 0 amide bonds. The van der Waals surface area contributed by atoms with E-state index in [1.165, 1.54) is 0 Å². The predicted molar refractivity (Wildman–Crippen MR) is 52.7 cm³/mol. The standard InChI is InChI=1S/C10H19NO3/c1-10(2,3)14-9(12)7-4-5-13-8(7)6-11/h7-8H,4-6,11H2,1-3H3. The summed E-state index contributed by atoms with van der Waals surface area (Å²) in [5.41, 5.74) is 5.06. The molecule has 0 bridgehead atoms. The zero-order chi connectivity index (χ0) is 10.8. The highest BCUT2D eigenvalue weighted by atomic mass is 16.6. The smallest absolute Gasteiger partial charge is 0.312 e. The van der Waals surface area contributed by atoms with Gasteiger partial charge in [-0.25, -0.2) is 0 Å². The Kier molecular flexibility index (Phi) is 3.50. The molecule has 1 aliphatic heterocycles. The molecular weight excluding hydrogens is 182 g/mol. The molecule has 2 atom stereocenters. The molecule has 4 heteroatoms. The molecule has 4 nitrogen and oxygen atoms in total. The van der Waals surface area contributed by atoms with Crippen LogP contribution in [-0.2, 0) is 14.3 Å². The van der Waals surface area contributed by atoms with Crippen molar-refractivity contribution in [3.8, 4) is 0 Å². The SMILES string of the molecule is CC(C)(C)OC(=O)C1CCOC1CN. The highest BCUT2D eigenvalue weighted by Gasteiger charge is 2.35. The van der Waals surface area contributed by atoms with Gasteiger partial charge < -0.3 is 15.2 Å². The maximum absolute atomic E-state index is 11.7. The van der Waals surface area contributed by atoms with Gasteiger partial charge in [0.25, 0.3) is 0 Å². The van der Waals surface area contributed by atoms with Crippen LogP contribution in [0.15, 0.2) is 0 Å². The third-order valence-electron chi connectivity index (χ3n) is 2.15. The van der Waals surface area contributed by atoms with Crippen LogP contribution in [-0.4, -0.2) is 30.8 Å². The molecule has 14 heavy (non-hydrogen) atoms. The van der Waals surface area contributed by atoms with Gasteiger partial charge >= 0.3 is 5.97 Å². The van der Waals surface area contributed by atoms with E-state index < -0.39 is 5.60 Å². The van der Waals surface area contributed by atoms with Gasteiger partial charge in [-0.1, -0.05) is 0 Å². The highest BCUT2D eigenvalue weighted by molar-refractivity contribution is 5.73. The minimum Gasteiger partial charge on any atom is -0.460 e. The number of rotatable bonds is 2. The quantitative estimate of drug-likeness (QED) is 0.668. The largest absolute Gasteiger partial charge is 0.460 e.